The number of carbonyl (C=O) groups is 1. The number of aryl methyl sites for hydroxylation is 3. The number of sulfonamides is 1. The van der Waals surface area contributed by atoms with Gasteiger partial charge in [-0.15, -0.1) is 0 Å². The minimum atomic E-state index is -3.48. The van der Waals surface area contributed by atoms with E-state index in [4.69, 9.17) is 0 Å². The molecule has 0 saturated carbocycles. The molecule has 168 valence electrons. The molecule has 1 atom stereocenters. The average Bonchev–Trinajstić information content (AvgIpc) is 2.74. The molecule has 1 N–H and O–H groups in total. The molecule has 0 aliphatic carbocycles. The first-order valence-electron chi connectivity index (χ1n) is 10.6. The molecule has 32 heavy (non-hydrogen) atoms. The summed E-state index contributed by atoms with van der Waals surface area (Å²) in [5.41, 5.74) is 6.10. The van der Waals surface area contributed by atoms with Crippen molar-refractivity contribution in [2.24, 2.45) is 0 Å². The first-order valence-corrected chi connectivity index (χ1v) is 12.4. The van der Waals surface area contributed by atoms with E-state index >= 15 is 0 Å². The van der Waals surface area contributed by atoms with Crippen molar-refractivity contribution in [3.63, 3.8) is 0 Å². The Morgan fingerprint density at radius 2 is 1.50 bits per heavy atom. The van der Waals surface area contributed by atoms with Gasteiger partial charge in [0.2, 0.25) is 10.0 Å². The molecule has 0 bridgehead atoms. The van der Waals surface area contributed by atoms with Crippen LogP contribution in [0.4, 0.5) is 5.69 Å². The van der Waals surface area contributed by atoms with E-state index in [1.165, 1.54) is 16.1 Å². The Morgan fingerprint density at radius 3 is 2.09 bits per heavy atom. The summed E-state index contributed by atoms with van der Waals surface area (Å²) in [6.07, 6.45) is 1.21. The zero-order chi connectivity index (χ0) is 23.5. The molecule has 3 aromatic rings. The van der Waals surface area contributed by atoms with Crippen LogP contribution in [0.3, 0.4) is 0 Å². The molecule has 1 amide bonds. The Bertz CT molecular complexity index is 1200. The molecule has 0 aliphatic heterocycles. The van der Waals surface area contributed by atoms with Crippen LogP contribution in [-0.2, 0) is 16.6 Å². The van der Waals surface area contributed by atoms with Gasteiger partial charge in [-0.1, -0.05) is 54.1 Å². The predicted molar refractivity (Wildman–Crippen MR) is 130 cm³/mol. The molecule has 0 saturated heterocycles. The highest BCUT2D eigenvalue weighted by molar-refractivity contribution is 7.92. The van der Waals surface area contributed by atoms with Gasteiger partial charge in [-0.3, -0.25) is 9.10 Å². The molecule has 0 fully saturated rings. The van der Waals surface area contributed by atoms with Crippen LogP contribution in [-0.4, -0.2) is 20.6 Å². The Hall–Kier alpha value is -3.12. The molecular weight excluding hydrogens is 420 g/mol. The van der Waals surface area contributed by atoms with Gasteiger partial charge in [-0.2, -0.15) is 0 Å². The van der Waals surface area contributed by atoms with Crippen LogP contribution in [0.2, 0.25) is 0 Å². The van der Waals surface area contributed by atoms with Crippen molar-refractivity contribution in [3.05, 3.63) is 100 Å². The molecule has 6 heteroatoms. The number of nitrogens with one attached hydrogen (secondary N) is 1. The minimum absolute atomic E-state index is 0.118. The number of rotatable bonds is 7. The fourth-order valence-corrected chi connectivity index (χ4v) is 4.45. The third-order valence-corrected chi connectivity index (χ3v) is 6.63. The van der Waals surface area contributed by atoms with E-state index in [1.807, 2.05) is 70.2 Å². The van der Waals surface area contributed by atoms with E-state index < -0.39 is 10.0 Å². The van der Waals surface area contributed by atoms with Crippen molar-refractivity contribution in [1.29, 1.82) is 0 Å². The van der Waals surface area contributed by atoms with Crippen molar-refractivity contribution >= 4 is 21.6 Å². The van der Waals surface area contributed by atoms with Gasteiger partial charge < -0.3 is 5.32 Å². The lowest BCUT2D eigenvalue weighted by Gasteiger charge is -2.25. The van der Waals surface area contributed by atoms with Gasteiger partial charge in [0.25, 0.3) is 5.91 Å². The molecular formula is C26H30N2O3S. The van der Waals surface area contributed by atoms with Crippen LogP contribution in [0.1, 0.15) is 51.1 Å². The second-order valence-electron chi connectivity index (χ2n) is 8.36. The van der Waals surface area contributed by atoms with E-state index in [9.17, 15) is 13.2 Å². The first kappa shape index (κ1) is 23.5. The number of hydrogen-bond acceptors (Lipinski definition) is 3. The molecule has 5 nitrogen and oxygen atoms in total. The van der Waals surface area contributed by atoms with Crippen LogP contribution in [0.15, 0.2) is 66.7 Å². The van der Waals surface area contributed by atoms with Crippen LogP contribution in [0.25, 0.3) is 0 Å². The number of hydrogen-bond donors (Lipinski definition) is 1. The molecule has 0 spiro atoms. The standard InChI is InChI=1S/C26H30N2O3S/c1-18-7-12-23(13-8-18)21(4)27-26(29)24-14-10-22(11-15-24)17-28(32(5,30)31)25-16-19(2)6-9-20(25)3/h6-16,21H,17H2,1-5H3,(H,27,29)/t21-/m1/s1. The van der Waals surface area contributed by atoms with Crippen LogP contribution >= 0.6 is 0 Å². The quantitative estimate of drug-likeness (QED) is 0.547. The molecule has 3 rings (SSSR count). The summed E-state index contributed by atoms with van der Waals surface area (Å²) in [4.78, 5) is 12.7. The van der Waals surface area contributed by atoms with Gasteiger partial charge >= 0.3 is 0 Å². The zero-order valence-corrected chi connectivity index (χ0v) is 20.0. The van der Waals surface area contributed by atoms with E-state index in [0.717, 1.165) is 22.3 Å². The maximum Gasteiger partial charge on any atom is 0.251 e. The van der Waals surface area contributed by atoms with E-state index in [0.29, 0.717) is 11.3 Å². The van der Waals surface area contributed by atoms with Gasteiger partial charge in [-0.05, 0) is 68.1 Å². The van der Waals surface area contributed by atoms with Gasteiger partial charge in [0.05, 0.1) is 24.5 Å². The topological polar surface area (TPSA) is 66.5 Å². The normalized spacial score (nSPS) is 12.3. The molecule has 0 radical (unpaired) electrons. The summed E-state index contributed by atoms with van der Waals surface area (Å²) in [6, 6.07) is 20.8. The second kappa shape index (κ2) is 9.57. The van der Waals surface area contributed by atoms with Crippen LogP contribution in [0.5, 0.6) is 0 Å². The fourth-order valence-electron chi connectivity index (χ4n) is 3.51. The summed E-state index contributed by atoms with van der Waals surface area (Å²) >= 11 is 0. The summed E-state index contributed by atoms with van der Waals surface area (Å²) in [7, 11) is -3.48. The smallest absolute Gasteiger partial charge is 0.251 e. The lowest BCUT2D eigenvalue weighted by molar-refractivity contribution is 0.0940. The van der Waals surface area contributed by atoms with Gasteiger partial charge in [-0.25, -0.2) is 8.42 Å². The van der Waals surface area contributed by atoms with E-state index in [-0.39, 0.29) is 18.5 Å². The number of nitrogens with zero attached hydrogens (tertiary/aromatic N) is 1. The highest BCUT2D eigenvalue weighted by Gasteiger charge is 2.20. The van der Waals surface area contributed by atoms with Crippen molar-refractivity contribution < 1.29 is 13.2 Å². The molecule has 0 aliphatic rings. The highest BCUT2D eigenvalue weighted by atomic mass is 32.2. The maximum absolute atomic E-state index is 12.7. The van der Waals surface area contributed by atoms with Crippen molar-refractivity contribution in [2.45, 2.75) is 40.3 Å². The summed E-state index contributed by atoms with van der Waals surface area (Å²) in [5, 5.41) is 3.01. The lowest BCUT2D eigenvalue weighted by Crippen LogP contribution is -2.30. The van der Waals surface area contributed by atoms with Gasteiger partial charge in [0.15, 0.2) is 0 Å². The van der Waals surface area contributed by atoms with Gasteiger partial charge in [0.1, 0.15) is 0 Å². The first-order chi connectivity index (χ1) is 15.0. The molecule has 0 unspecified atom stereocenters. The number of amides is 1. The van der Waals surface area contributed by atoms with Crippen molar-refractivity contribution in [3.8, 4) is 0 Å². The summed E-state index contributed by atoms with van der Waals surface area (Å²) in [5.74, 6) is -0.167. The Kier molecular flexibility index (Phi) is 7.04. The second-order valence-corrected chi connectivity index (χ2v) is 10.3. The van der Waals surface area contributed by atoms with E-state index in [2.05, 4.69) is 5.32 Å². The molecule has 0 aromatic heterocycles. The third-order valence-electron chi connectivity index (χ3n) is 5.50. The fraction of sp³-hybridized carbons (Fsp3) is 0.269. The number of anilines is 1. The Labute approximate surface area is 191 Å². The predicted octanol–water partition coefficient (Wildman–Crippen LogP) is 5.07. The lowest BCUT2D eigenvalue weighted by atomic mass is 10.1. The summed E-state index contributed by atoms with van der Waals surface area (Å²) < 4.78 is 26.4. The third kappa shape index (κ3) is 5.77. The summed E-state index contributed by atoms with van der Waals surface area (Å²) in [6.45, 7) is 8.01. The molecule has 0 heterocycles. The van der Waals surface area contributed by atoms with Crippen LogP contribution < -0.4 is 9.62 Å². The number of carbonyl (C=O) groups excluding carboxylic acids is 1. The minimum Gasteiger partial charge on any atom is -0.346 e. The molecule has 3 aromatic carbocycles. The Morgan fingerprint density at radius 1 is 0.906 bits per heavy atom. The monoisotopic (exact) mass is 450 g/mol. The SMILES string of the molecule is Cc1ccc([C@@H](C)NC(=O)c2ccc(CN(c3cc(C)ccc3C)S(C)(=O)=O)cc2)cc1. The number of benzene rings is 3. The average molecular weight is 451 g/mol. The van der Waals surface area contributed by atoms with Crippen molar-refractivity contribution in [1.82, 2.24) is 5.32 Å². The Balaban J connectivity index is 1.75. The highest BCUT2D eigenvalue weighted by Crippen LogP contribution is 2.26. The largest absolute Gasteiger partial charge is 0.346 e. The maximum atomic E-state index is 12.7. The zero-order valence-electron chi connectivity index (χ0n) is 19.2. The van der Waals surface area contributed by atoms with Gasteiger partial charge in [0, 0.05) is 5.56 Å². The van der Waals surface area contributed by atoms with E-state index in [1.54, 1.807) is 24.3 Å². The van der Waals surface area contributed by atoms with Crippen molar-refractivity contribution in [2.75, 3.05) is 10.6 Å². The van der Waals surface area contributed by atoms with Crippen LogP contribution in [0, 0.1) is 20.8 Å².